The zero-order valence-corrected chi connectivity index (χ0v) is 10.8. The van der Waals surface area contributed by atoms with Crippen molar-refractivity contribution < 1.29 is 4.74 Å². The SMILES string of the molecule is COc1ccc(CCNc2cncc(NN)n2)cc1. The summed E-state index contributed by atoms with van der Waals surface area (Å²) in [4.78, 5) is 8.24. The number of aromatic nitrogens is 2. The molecule has 0 saturated heterocycles. The summed E-state index contributed by atoms with van der Waals surface area (Å²) in [5.41, 5.74) is 3.69. The number of nitrogen functional groups attached to an aromatic ring is 1. The zero-order valence-electron chi connectivity index (χ0n) is 10.8. The fourth-order valence-electron chi connectivity index (χ4n) is 1.65. The lowest BCUT2D eigenvalue weighted by atomic mass is 10.1. The molecular formula is C13H17N5O. The Hall–Kier alpha value is -2.34. The van der Waals surface area contributed by atoms with Crippen molar-refractivity contribution in [2.24, 2.45) is 5.84 Å². The second-order valence-electron chi connectivity index (χ2n) is 3.96. The van der Waals surface area contributed by atoms with Crippen molar-refractivity contribution in [1.82, 2.24) is 9.97 Å². The number of hydrogen-bond donors (Lipinski definition) is 3. The van der Waals surface area contributed by atoms with E-state index in [1.165, 1.54) is 5.56 Å². The molecule has 100 valence electrons. The van der Waals surface area contributed by atoms with Gasteiger partial charge < -0.3 is 15.5 Å². The standard InChI is InChI=1S/C13H17N5O/c1-19-11-4-2-10(3-5-11)6-7-16-12-8-15-9-13(17-12)18-14/h2-5,8-9H,6-7,14H2,1H3,(H2,16,17,18). The van der Waals surface area contributed by atoms with E-state index in [2.05, 4.69) is 20.7 Å². The van der Waals surface area contributed by atoms with E-state index in [4.69, 9.17) is 10.6 Å². The Balaban J connectivity index is 1.85. The highest BCUT2D eigenvalue weighted by Crippen LogP contribution is 2.12. The summed E-state index contributed by atoms with van der Waals surface area (Å²) in [5.74, 6) is 7.37. The number of anilines is 2. The van der Waals surface area contributed by atoms with Crippen LogP contribution in [0.1, 0.15) is 5.56 Å². The number of methoxy groups -OCH3 is 1. The first-order valence-corrected chi connectivity index (χ1v) is 5.97. The Morgan fingerprint density at radius 2 is 1.89 bits per heavy atom. The lowest BCUT2D eigenvalue weighted by Crippen LogP contribution is -2.11. The molecule has 2 rings (SSSR count). The monoisotopic (exact) mass is 259 g/mol. The predicted molar refractivity (Wildman–Crippen MR) is 75.0 cm³/mol. The number of hydrazine groups is 1. The third-order valence-corrected chi connectivity index (χ3v) is 2.66. The Morgan fingerprint density at radius 3 is 2.58 bits per heavy atom. The normalized spacial score (nSPS) is 10.0. The Kier molecular flexibility index (Phi) is 4.52. The summed E-state index contributed by atoms with van der Waals surface area (Å²) in [5, 5.41) is 3.20. The number of ether oxygens (including phenoxy) is 1. The van der Waals surface area contributed by atoms with Crippen LogP contribution in [0.3, 0.4) is 0 Å². The van der Waals surface area contributed by atoms with E-state index in [1.807, 2.05) is 24.3 Å². The molecule has 0 atom stereocenters. The van der Waals surface area contributed by atoms with Gasteiger partial charge in [-0.05, 0) is 24.1 Å². The molecule has 1 aromatic heterocycles. The molecule has 0 fully saturated rings. The first-order valence-electron chi connectivity index (χ1n) is 5.97. The Labute approximate surface area is 112 Å². The lowest BCUT2D eigenvalue weighted by Gasteiger charge is -2.07. The minimum atomic E-state index is 0.537. The summed E-state index contributed by atoms with van der Waals surface area (Å²) in [6, 6.07) is 8.00. The van der Waals surface area contributed by atoms with Crippen LogP contribution in [0.5, 0.6) is 5.75 Å². The first kappa shape index (κ1) is 13.1. The third kappa shape index (κ3) is 3.82. The Bertz CT molecular complexity index is 515. The van der Waals surface area contributed by atoms with Crippen molar-refractivity contribution in [1.29, 1.82) is 0 Å². The van der Waals surface area contributed by atoms with Gasteiger partial charge in [0.1, 0.15) is 11.6 Å². The molecule has 0 radical (unpaired) electrons. The van der Waals surface area contributed by atoms with Crippen molar-refractivity contribution >= 4 is 11.6 Å². The van der Waals surface area contributed by atoms with E-state index >= 15 is 0 Å². The van der Waals surface area contributed by atoms with Crippen LogP contribution in [0.4, 0.5) is 11.6 Å². The van der Waals surface area contributed by atoms with Crippen LogP contribution < -0.4 is 21.3 Å². The topological polar surface area (TPSA) is 85.1 Å². The molecule has 0 bridgehead atoms. The molecule has 0 aliphatic rings. The fourth-order valence-corrected chi connectivity index (χ4v) is 1.65. The maximum absolute atomic E-state index is 5.27. The second-order valence-corrected chi connectivity index (χ2v) is 3.96. The predicted octanol–water partition coefficient (Wildman–Crippen LogP) is 1.43. The van der Waals surface area contributed by atoms with Crippen LogP contribution in [0.15, 0.2) is 36.7 Å². The molecule has 0 aliphatic heterocycles. The van der Waals surface area contributed by atoms with Crippen molar-refractivity contribution in [3.05, 3.63) is 42.2 Å². The van der Waals surface area contributed by atoms with Crippen molar-refractivity contribution in [3.8, 4) is 5.75 Å². The second kappa shape index (κ2) is 6.55. The van der Waals surface area contributed by atoms with Gasteiger partial charge in [0.15, 0.2) is 5.82 Å². The number of nitrogens with zero attached hydrogens (tertiary/aromatic N) is 2. The maximum atomic E-state index is 5.27. The molecule has 6 heteroatoms. The maximum Gasteiger partial charge on any atom is 0.160 e. The molecule has 1 heterocycles. The number of nitrogens with one attached hydrogen (secondary N) is 2. The van der Waals surface area contributed by atoms with Gasteiger partial charge in [-0.1, -0.05) is 12.1 Å². The summed E-state index contributed by atoms with van der Waals surface area (Å²) in [7, 11) is 1.66. The number of nitrogens with two attached hydrogens (primary N) is 1. The van der Waals surface area contributed by atoms with Crippen molar-refractivity contribution in [3.63, 3.8) is 0 Å². The number of rotatable bonds is 6. The molecule has 0 saturated carbocycles. The highest BCUT2D eigenvalue weighted by atomic mass is 16.5. The van der Waals surface area contributed by atoms with E-state index in [9.17, 15) is 0 Å². The fraction of sp³-hybridized carbons (Fsp3) is 0.231. The molecule has 1 aromatic carbocycles. The van der Waals surface area contributed by atoms with Gasteiger partial charge in [0.2, 0.25) is 0 Å². The van der Waals surface area contributed by atoms with Crippen LogP contribution in [0.2, 0.25) is 0 Å². The van der Waals surface area contributed by atoms with Gasteiger partial charge in [-0.15, -0.1) is 0 Å². The average molecular weight is 259 g/mol. The molecule has 0 spiro atoms. The van der Waals surface area contributed by atoms with E-state index < -0.39 is 0 Å². The zero-order chi connectivity index (χ0) is 13.5. The molecule has 19 heavy (non-hydrogen) atoms. The third-order valence-electron chi connectivity index (χ3n) is 2.66. The molecule has 0 amide bonds. The van der Waals surface area contributed by atoms with Gasteiger partial charge in [-0.3, -0.25) is 4.98 Å². The largest absolute Gasteiger partial charge is 0.497 e. The van der Waals surface area contributed by atoms with E-state index in [1.54, 1.807) is 19.5 Å². The molecule has 2 aromatic rings. The van der Waals surface area contributed by atoms with Crippen LogP contribution >= 0.6 is 0 Å². The molecule has 0 unspecified atom stereocenters. The molecule has 4 N–H and O–H groups in total. The van der Waals surface area contributed by atoms with Crippen molar-refractivity contribution in [2.75, 3.05) is 24.4 Å². The minimum Gasteiger partial charge on any atom is -0.497 e. The highest BCUT2D eigenvalue weighted by molar-refractivity contribution is 5.40. The van der Waals surface area contributed by atoms with Crippen LogP contribution in [-0.2, 0) is 6.42 Å². The van der Waals surface area contributed by atoms with Crippen molar-refractivity contribution in [2.45, 2.75) is 6.42 Å². The van der Waals surface area contributed by atoms with E-state index in [0.29, 0.717) is 11.6 Å². The summed E-state index contributed by atoms with van der Waals surface area (Å²) in [6.07, 6.45) is 4.12. The summed E-state index contributed by atoms with van der Waals surface area (Å²) >= 11 is 0. The number of benzene rings is 1. The van der Waals surface area contributed by atoms with E-state index in [0.717, 1.165) is 18.7 Å². The van der Waals surface area contributed by atoms with Gasteiger partial charge >= 0.3 is 0 Å². The van der Waals surface area contributed by atoms with Gasteiger partial charge in [0, 0.05) is 6.54 Å². The smallest absolute Gasteiger partial charge is 0.160 e. The molecule has 0 aliphatic carbocycles. The average Bonchev–Trinajstić information content (AvgIpc) is 2.48. The minimum absolute atomic E-state index is 0.537. The van der Waals surface area contributed by atoms with Crippen LogP contribution in [0, 0.1) is 0 Å². The first-order chi connectivity index (χ1) is 9.31. The highest BCUT2D eigenvalue weighted by Gasteiger charge is 1.98. The lowest BCUT2D eigenvalue weighted by molar-refractivity contribution is 0.414. The molecular weight excluding hydrogens is 242 g/mol. The molecule has 6 nitrogen and oxygen atoms in total. The van der Waals surface area contributed by atoms with Crippen LogP contribution in [-0.4, -0.2) is 23.6 Å². The quantitative estimate of drug-likeness (QED) is 0.537. The van der Waals surface area contributed by atoms with Crippen LogP contribution in [0.25, 0.3) is 0 Å². The summed E-state index contributed by atoms with van der Waals surface area (Å²) in [6.45, 7) is 0.773. The summed E-state index contributed by atoms with van der Waals surface area (Å²) < 4.78 is 5.12. The number of hydrogen-bond acceptors (Lipinski definition) is 6. The van der Waals surface area contributed by atoms with Gasteiger partial charge in [0.05, 0.1) is 19.5 Å². The van der Waals surface area contributed by atoms with E-state index in [-0.39, 0.29) is 0 Å². The van der Waals surface area contributed by atoms with Gasteiger partial charge in [-0.25, -0.2) is 10.8 Å². The van der Waals surface area contributed by atoms with Gasteiger partial charge in [0.25, 0.3) is 0 Å². The van der Waals surface area contributed by atoms with Gasteiger partial charge in [-0.2, -0.15) is 0 Å². The Morgan fingerprint density at radius 1 is 1.16 bits per heavy atom.